The Hall–Kier alpha value is -2.15. The molecular formula is C23H29BrN4O2. The first-order valence-corrected chi connectivity index (χ1v) is 11.6. The van der Waals surface area contributed by atoms with E-state index in [2.05, 4.69) is 45.5 Å². The number of hydrogen-bond donors (Lipinski definition) is 0. The van der Waals surface area contributed by atoms with Gasteiger partial charge in [0, 0.05) is 61.1 Å². The molecule has 1 aromatic carbocycles. The van der Waals surface area contributed by atoms with Gasteiger partial charge >= 0.3 is 0 Å². The monoisotopic (exact) mass is 472 g/mol. The van der Waals surface area contributed by atoms with Crippen molar-refractivity contribution in [3.05, 3.63) is 47.0 Å². The van der Waals surface area contributed by atoms with Crippen LogP contribution in [0.1, 0.15) is 44.9 Å². The number of amides is 2. The maximum atomic E-state index is 13.1. The summed E-state index contributed by atoms with van der Waals surface area (Å²) >= 11 is 3.46. The van der Waals surface area contributed by atoms with E-state index in [1.54, 1.807) is 4.90 Å². The fourth-order valence-electron chi connectivity index (χ4n) is 4.61. The first kappa shape index (κ1) is 21.1. The van der Waals surface area contributed by atoms with Crippen LogP contribution in [0.15, 0.2) is 41.1 Å². The molecule has 2 fully saturated rings. The number of likely N-dealkylation sites (tertiary alicyclic amines) is 1. The van der Waals surface area contributed by atoms with Crippen molar-refractivity contribution >= 4 is 33.4 Å². The summed E-state index contributed by atoms with van der Waals surface area (Å²) in [5, 5.41) is 0. The maximum Gasteiger partial charge on any atom is 0.228 e. The van der Waals surface area contributed by atoms with Crippen molar-refractivity contribution in [1.29, 1.82) is 0 Å². The molecule has 0 N–H and O–H groups in total. The average molecular weight is 473 g/mol. The Bertz CT molecular complexity index is 917. The SMILES string of the molecule is CC(C)c1nccn1CC1CCN(C(=O)C2CC(=O)N(c3cccc(Br)c3)C2)CC1. The number of imidazole rings is 1. The summed E-state index contributed by atoms with van der Waals surface area (Å²) in [6.07, 6.45) is 6.24. The minimum Gasteiger partial charge on any atom is -0.342 e. The summed E-state index contributed by atoms with van der Waals surface area (Å²) in [6, 6.07) is 7.70. The van der Waals surface area contributed by atoms with Gasteiger partial charge in [-0.1, -0.05) is 35.8 Å². The van der Waals surface area contributed by atoms with Gasteiger partial charge < -0.3 is 14.4 Å². The second kappa shape index (κ2) is 8.92. The zero-order valence-corrected chi connectivity index (χ0v) is 19.2. The molecule has 1 atom stereocenters. The molecule has 2 aliphatic rings. The third kappa shape index (κ3) is 4.46. The average Bonchev–Trinajstić information content (AvgIpc) is 3.35. The number of nitrogens with zero attached hydrogens (tertiary/aromatic N) is 4. The van der Waals surface area contributed by atoms with Crippen LogP contribution >= 0.6 is 15.9 Å². The fraction of sp³-hybridized carbons (Fsp3) is 0.522. The van der Waals surface area contributed by atoms with Crippen molar-refractivity contribution < 1.29 is 9.59 Å². The van der Waals surface area contributed by atoms with E-state index < -0.39 is 0 Å². The molecule has 160 valence electrons. The van der Waals surface area contributed by atoms with Gasteiger partial charge in [0.05, 0.1) is 5.92 Å². The zero-order valence-electron chi connectivity index (χ0n) is 17.6. The summed E-state index contributed by atoms with van der Waals surface area (Å²) in [5.74, 6) is 2.02. The molecule has 0 radical (unpaired) electrons. The first-order valence-electron chi connectivity index (χ1n) is 10.8. The van der Waals surface area contributed by atoms with Gasteiger partial charge in [-0.3, -0.25) is 9.59 Å². The van der Waals surface area contributed by atoms with Crippen LogP contribution in [0.5, 0.6) is 0 Å². The van der Waals surface area contributed by atoms with Crippen LogP contribution in [-0.2, 0) is 16.1 Å². The van der Waals surface area contributed by atoms with Gasteiger partial charge in [0.15, 0.2) is 0 Å². The van der Waals surface area contributed by atoms with Crippen LogP contribution in [0.2, 0.25) is 0 Å². The van der Waals surface area contributed by atoms with Crippen molar-refractivity contribution in [2.24, 2.45) is 11.8 Å². The highest BCUT2D eigenvalue weighted by Gasteiger charge is 2.38. The third-order valence-corrected chi connectivity index (χ3v) is 6.73. The number of carbonyl (C=O) groups is 2. The van der Waals surface area contributed by atoms with Gasteiger partial charge in [0.1, 0.15) is 5.82 Å². The first-order chi connectivity index (χ1) is 14.4. The van der Waals surface area contributed by atoms with Crippen molar-refractivity contribution in [1.82, 2.24) is 14.5 Å². The molecule has 1 unspecified atom stereocenters. The topological polar surface area (TPSA) is 58.4 Å². The van der Waals surface area contributed by atoms with Crippen molar-refractivity contribution in [3.63, 3.8) is 0 Å². The van der Waals surface area contributed by atoms with Crippen LogP contribution in [0.25, 0.3) is 0 Å². The number of aromatic nitrogens is 2. The summed E-state index contributed by atoms with van der Waals surface area (Å²) < 4.78 is 3.20. The van der Waals surface area contributed by atoms with Gasteiger partial charge in [-0.25, -0.2) is 4.98 Å². The number of halogens is 1. The van der Waals surface area contributed by atoms with Crippen LogP contribution < -0.4 is 4.90 Å². The summed E-state index contributed by atoms with van der Waals surface area (Å²) in [6.45, 7) is 7.32. The van der Waals surface area contributed by atoms with E-state index in [1.807, 2.05) is 35.4 Å². The quantitative estimate of drug-likeness (QED) is 0.658. The minimum absolute atomic E-state index is 0.0302. The molecule has 0 bridgehead atoms. The van der Waals surface area contributed by atoms with Gasteiger partial charge in [0.2, 0.25) is 11.8 Å². The minimum atomic E-state index is -0.241. The summed E-state index contributed by atoms with van der Waals surface area (Å²) in [7, 11) is 0. The standard InChI is InChI=1S/C23H29BrN4O2/c1-16(2)22-25-8-11-27(22)14-17-6-9-26(10-7-17)23(30)18-12-21(29)28(15-18)20-5-3-4-19(24)13-20/h3-5,8,11,13,16-18H,6-7,9-10,12,14-15H2,1-2H3. The molecule has 4 rings (SSSR count). The van der Waals surface area contributed by atoms with Crippen LogP contribution in [0.4, 0.5) is 5.69 Å². The molecule has 2 aromatic rings. The molecule has 6 nitrogen and oxygen atoms in total. The van der Waals surface area contributed by atoms with E-state index in [-0.39, 0.29) is 17.7 Å². The third-order valence-electron chi connectivity index (χ3n) is 6.24. The van der Waals surface area contributed by atoms with Gasteiger partial charge in [-0.2, -0.15) is 0 Å². The lowest BCUT2D eigenvalue weighted by molar-refractivity contribution is -0.137. The number of piperidine rings is 1. The summed E-state index contributed by atoms with van der Waals surface area (Å²) in [5.41, 5.74) is 0.852. The Balaban J connectivity index is 1.32. The predicted octanol–water partition coefficient (Wildman–Crippen LogP) is 4.06. The van der Waals surface area contributed by atoms with Crippen LogP contribution in [-0.4, -0.2) is 45.9 Å². The maximum absolute atomic E-state index is 13.1. The Morgan fingerprint density at radius 1 is 1.27 bits per heavy atom. The molecule has 2 aliphatic heterocycles. The molecule has 3 heterocycles. The zero-order chi connectivity index (χ0) is 21.3. The molecule has 2 saturated heterocycles. The van der Waals surface area contributed by atoms with Crippen molar-refractivity contribution in [3.8, 4) is 0 Å². The lowest BCUT2D eigenvalue weighted by Crippen LogP contribution is -2.43. The van der Waals surface area contributed by atoms with Gasteiger partial charge in [-0.05, 0) is 37.0 Å². The second-order valence-corrected chi connectivity index (χ2v) is 9.66. The number of anilines is 1. The molecule has 0 saturated carbocycles. The number of carbonyl (C=O) groups excluding carboxylic acids is 2. The Morgan fingerprint density at radius 2 is 2.03 bits per heavy atom. The molecule has 7 heteroatoms. The molecule has 30 heavy (non-hydrogen) atoms. The Morgan fingerprint density at radius 3 is 2.73 bits per heavy atom. The molecule has 0 spiro atoms. The van der Waals surface area contributed by atoms with Crippen molar-refractivity contribution in [2.75, 3.05) is 24.5 Å². The largest absolute Gasteiger partial charge is 0.342 e. The number of hydrogen-bond acceptors (Lipinski definition) is 3. The van der Waals surface area contributed by atoms with E-state index in [0.29, 0.717) is 24.8 Å². The Kier molecular flexibility index (Phi) is 6.27. The molecule has 1 aromatic heterocycles. The van der Waals surface area contributed by atoms with E-state index in [1.165, 1.54) is 0 Å². The molecule has 0 aliphatic carbocycles. The van der Waals surface area contributed by atoms with Crippen molar-refractivity contribution in [2.45, 2.75) is 45.6 Å². The summed E-state index contributed by atoms with van der Waals surface area (Å²) in [4.78, 5) is 33.8. The lowest BCUT2D eigenvalue weighted by Gasteiger charge is -2.34. The van der Waals surface area contributed by atoms with E-state index in [0.717, 1.165) is 48.5 Å². The van der Waals surface area contributed by atoms with Crippen LogP contribution in [0.3, 0.4) is 0 Å². The lowest BCUT2D eigenvalue weighted by atomic mass is 9.95. The second-order valence-electron chi connectivity index (χ2n) is 8.75. The number of rotatable bonds is 5. The van der Waals surface area contributed by atoms with E-state index >= 15 is 0 Å². The van der Waals surface area contributed by atoms with E-state index in [4.69, 9.17) is 0 Å². The van der Waals surface area contributed by atoms with E-state index in [9.17, 15) is 9.59 Å². The van der Waals surface area contributed by atoms with Gasteiger partial charge in [0.25, 0.3) is 0 Å². The normalized spacial score (nSPS) is 20.4. The fourth-order valence-corrected chi connectivity index (χ4v) is 5.00. The predicted molar refractivity (Wildman–Crippen MR) is 120 cm³/mol. The van der Waals surface area contributed by atoms with Gasteiger partial charge in [-0.15, -0.1) is 0 Å². The smallest absolute Gasteiger partial charge is 0.228 e. The van der Waals surface area contributed by atoms with Crippen LogP contribution in [0, 0.1) is 11.8 Å². The highest BCUT2D eigenvalue weighted by molar-refractivity contribution is 9.10. The molecule has 2 amide bonds. The highest BCUT2D eigenvalue weighted by atomic mass is 79.9. The Labute approximate surface area is 186 Å². The molecular weight excluding hydrogens is 444 g/mol. The highest BCUT2D eigenvalue weighted by Crippen LogP contribution is 2.30. The number of benzene rings is 1.